The third-order valence-electron chi connectivity index (χ3n) is 4.41. The van der Waals surface area contributed by atoms with Crippen molar-refractivity contribution in [2.24, 2.45) is 7.05 Å². The van der Waals surface area contributed by atoms with E-state index in [2.05, 4.69) is 30.8 Å². The van der Waals surface area contributed by atoms with Gasteiger partial charge in [-0.2, -0.15) is 5.10 Å². The van der Waals surface area contributed by atoms with Crippen LogP contribution in [0.2, 0.25) is 0 Å². The van der Waals surface area contributed by atoms with Gasteiger partial charge in [0.15, 0.2) is 5.69 Å². The van der Waals surface area contributed by atoms with Gasteiger partial charge < -0.3 is 10.6 Å². The molecule has 1 aliphatic rings. The number of nitrogens with one attached hydrogen (secondary N) is 2. The Balaban J connectivity index is 1.59. The molecule has 1 aliphatic heterocycles. The number of aromatic nitrogens is 4. The number of carbonyl (C=O) groups excluding carboxylic acids is 1. The Kier molecular flexibility index (Phi) is 5.22. The van der Waals surface area contributed by atoms with Gasteiger partial charge in [0, 0.05) is 46.0 Å². The van der Waals surface area contributed by atoms with Crippen LogP contribution in [0.3, 0.4) is 0 Å². The van der Waals surface area contributed by atoms with Gasteiger partial charge in [-0.3, -0.25) is 14.4 Å². The highest BCUT2D eigenvalue weighted by Crippen LogP contribution is 2.23. The summed E-state index contributed by atoms with van der Waals surface area (Å²) in [5.74, 6) is 0.285. The monoisotopic (exact) mass is 347 g/mol. The number of amides is 1. The van der Waals surface area contributed by atoms with Crippen LogP contribution in [0.5, 0.6) is 0 Å². The first kappa shape index (κ1) is 17.3. The maximum atomic E-state index is 13.9. The molecule has 0 aliphatic carbocycles. The van der Waals surface area contributed by atoms with Crippen molar-refractivity contribution in [3.05, 3.63) is 35.8 Å². The Bertz CT molecular complexity index is 718. The van der Waals surface area contributed by atoms with Crippen LogP contribution in [0.15, 0.2) is 24.4 Å². The van der Waals surface area contributed by atoms with Gasteiger partial charge in [-0.25, -0.2) is 4.39 Å². The van der Waals surface area contributed by atoms with E-state index in [0.717, 1.165) is 5.69 Å². The number of carbonyl (C=O) groups is 1. The second-order valence-electron chi connectivity index (χ2n) is 6.13. The minimum atomic E-state index is -0.832. The molecular weight excluding hydrogens is 325 g/mol. The van der Waals surface area contributed by atoms with Crippen molar-refractivity contribution < 1.29 is 9.18 Å². The molecule has 134 valence electrons. The lowest BCUT2D eigenvalue weighted by Gasteiger charge is -2.24. The van der Waals surface area contributed by atoms with Crippen LogP contribution >= 0.6 is 0 Å². The normalized spacial score (nSPS) is 20.6. The quantitative estimate of drug-likeness (QED) is 0.795. The second kappa shape index (κ2) is 7.56. The molecule has 25 heavy (non-hydrogen) atoms. The molecule has 2 aromatic heterocycles. The van der Waals surface area contributed by atoms with Crippen molar-refractivity contribution in [2.45, 2.75) is 25.2 Å². The molecule has 2 atom stereocenters. The van der Waals surface area contributed by atoms with Crippen LogP contribution in [-0.4, -0.2) is 63.1 Å². The van der Waals surface area contributed by atoms with Crippen molar-refractivity contribution in [3.8, 4) is 0 Å². The molecule has 1 amide bonds. The van der Waals surface area contributed by atoms with Gasteiger partial charge in [0.05, 0.1) is 5.69 Å². The summed E-state index contributed by atoms with van der Waals surface area (Å²) < 4.78 is 15.7. The number of halogens is 1. The second-order valence-corrected chi connectivity index (χ2v) is 6.13. The summed E-state index contributed by atoms with van der Waals surface area (Å²) in [5, 5.41) is 17.7. The van der Waals surface area contributed by atoms with Crippen molar-refractivity contribution in [2.75, 3.05) is 25.5 Å². The predicted molar refractivity (Wildman–Crippen MR) is 90.8 cm³/mol. The third-order valence-corrected chi connectivity index (χ3v) is 4.41. The molecule has 0 aromatic carbocycles. The molecule has 1 saturated heterocycles. The fourth-order valence-corrected chi connectivity index (χ4v) is 2.99. The van der Waals surface area contributed by atoms with Gasteiger partial charge in [-0.15, -0.1) is 10.2 Å². The minimum Gasteiger partial charge on any atom is -0.367 e. The standard InChI is InChI=1S/C16H22FN7O/c1-18-16(25)14-3-4-15(22-21-14)19-8-13-7-11(17)9-24(13)10-12-5-6-20-23(12)2/h3-6,11,13H,7-10H2,1-2H3,(H,18,25)(H,19,22)/t11-,13-/m0/s1. The van der Waals surface area contributed by atoms with Crippen LogP contribution in [0, 0.1) is 0 Å². The zero-order valence-corrected chi connectivity index (χ0v) is 14.3. The molecule has 0 bridgehead atoms. The first-order valence-corrected chi connectivity index (χ1v) is 8.21. The number of alkyl halides is 1. The number of likely N-dealkylation sites (tertiary alicyclic amines) is 1. The van der Waals surface area contributed by atoms with E-state index >= 15 is 0 Å². The summed E-state index contributed by atoms with van der Waals surface area (Å²) in [7, 11) is 3.43. The number of nitrogens with zero attached hydrogens (tertiary/aromatic N) is 5. The van der Waals surface area contributed by atoms with Gasteiger partial charge >= 0.3 is 0 Å². The topological polar surface area (TPSA) is 88.0 Å². The van der Waals surface area contributed by atoms with Crippen LogP contribution in [-0.2, 0) is 13.6 Å². The van der Waals surface area contributed by atoms with Crippen molar-refractivity contribution in [1.82, 2.24) is 30.2 Å². The van der Waals surface area contributed by atoms with Crippen LogP contribution in [0.25, 0.3) is 0 Å². The molecule has 0 saturated carbocycles. The Hall–Kier alpha value is -2.55. The fourth-order valence-electron chi connectivity index (χ4n) is 2.99. The highest BCUT2D eigenvalue weighted by Gasteiger charge is 2.32. The number of rotatable bonds is 6. The first-order chi connectivity index (χ1) is 12.1. The van der Waals surface area contributed by atoms with Gasteiger partial charge in [0.1, 0.15) is 12.0 Å². The maximum Gasteiger partial charge on any atom is 0.271 e. The van der Waals surface area contributed by atoms with Crippen molar-refractivity contribution in [3.63, 3.8) is 0 Å². The smallest absolute Gasteiger partial charge is 0.271 e. The van der Waals surface area contributed by atoms with E-state index in [1.54, 1.807) is 30.1 Å². The Morgan fingerprint density at radius 3 is 2.84 bits per heavy atom. The highest BCUT2D eigenvalue weighted by atomic mass is 19.1. The molecule has 2 aromatic rings. The van der Waals surface area contributed by atoms with E-state index in [1.807, 2.05) is 13.1 Å². The van der Waals surface area contributed by atoms with E-state index in [9.17, 15) is 9.18 Å². The van der Waals surface area contributed by atoms with Gasteiger partial charge in [-0.1, -0.05) is 0 Å². The molecule has 2 N–H and O–H groups in total. The minimum absolute atomic E-state index is 0.0605. The number of anilines is 1. The van der Waals surface area contributed by atoms with Crippen LogP contribution in [0.1, 0.15) is 22.6 Å². The zero-order valence-electron chi connectivity index (χ0n) is 14.3. The van der Waals surface area contributed by atoms with E-state index < -0.39 is 6.17 Å². The summed E-state index contributed by atoms with van der Waals surface area (Å²) in [4.78, 5) is 13.6. The third kappa shape index (κ3) is 4.11. The maximum absolute atomic E-state index is 13.9. The summed E-state index contributed by atoms with van der Waals surface area (Å²) in [6.07, 6.45) is 1.39. The molecule has 3 rings (SSSR count). The lowest BCUT2D eigenvalue weighted by Crippen LogP contribution is -2.35. The molecule has 0 spiro atoms. The summed E-state index contributed by atoms with van der Waals surface area (Å²) in [5.41, 5.74) is 1.31. The average molecular weight is 347 g/mol. The zero-order chi connectivity index (χ0) is 17.8. The first-order valence-electron chi connectivity index (χ1n) is 8.21. The number of aryl methyl sites for hydroxylation is 1. The van der Waals surface area contributed by atoms with Gasteiger partial charge in [0.25, 0.3) is 5.91 Å². The van der Waals surface area contributed by atoms with Gasteiger partial charge in [-0.05, 0) is 24.6 Å². The summed E-state index contributed by atoms with van der Waals surface area (Å²) in [6.45, 7) is 1.63. The largest absolute Gasteiger partial charge is 0.367 e. The van der Waals surface area contributed by atoms with E-state index in [4.69, 9.17) is 0 Å². The Labute approximate surface area is 145 Å². The average Bonchev–Trinajstić information content (AvgIpc) is 3.18. The van der Waals surface area contributed by atoms with Crippen LogP contribution < -0.4 is 10.6 Å². The Morgan fingerprint density at radius 2 is 2.20 bits per heavy atom. The summed E-state index contributed by atoms with van der Waals surface area (Å²) in [6, 6.07) is 5.31. The van der Waals surface area contributed by atoms with E-state index in [0.29, 0.717) is 31.9 Å². The van der Waals surface area contributed by atoms with E-state index in [1.165, 1.54) is 0 Å². The summed E-state index contributed by atoms with van der Waals surface area (Å²) >= 11 is 0. The van der Waals surface area contributed by atoms with Crippen LogP contribution in [0.4, 0.5) is 10.2 Å². The Morgan fingerprint density at radius 1 is 1.36 bits per heavy atom. The molecule has 9 heteroatoms. The predicted octanol–water partition coefficient (Wildman–Crippen LogP) is 0.594. The fraction of sp³-hybridized carbons (Fsp3) is 0.500. The molecule has 8 nitrogen and oxygen atoms in total. The lowest BCUT2D eigenvalue weighted by molar-refractivity contribution is 0.0957. The molecule has 0 radical (unpaired) electrons. The number of hydrogen-bond acceptors (Lipinski definition) is 6. The molecular formula is C16H22FN7O. The van der Waals surface area contributed by atoms with E-state index in [-0.39, 0.29) is 17.6 Å². The van der Waals surface area contributed by atoms with Crippen molar-refractivity contribution >= 4 is 11.7 Å². The SMILES string of the molecule is CNC(=O)c1ccc(NC[C@@H]2C[C@H](F)CN2Cc2ccnn2C)nn1. The van der Waals surface area contributed by atoms with Gasteiger partial charge in [0.2, 0.25) is 0 Å². The molecule has 1 fully saturated rings. The molecule has 0 unspecified atom stereocenters. The molecule has 3 heterocycles. The highest BCUT2D eigenvalue weighted by molar-refractivity contribution is 5.91. The lowest BCUT2D eigenvalue weighted by atomic mass is 10.2. The van der Waals surface area contributed by atoms with Crippen molar-refractivity contribution in [1.29, 1.82) is 0 Å². The number of hydrogen-bond donors (Lipinski definition) is 2.